The van der Waals surface area contributed by atoms with Crippen LogP contribution in [0.5, 0.6) is 0 Å². The van der Waals surface area contributed by atoms with Crippen LogP contribution in [-0.4, -0.2) is 58.3 Å². The van der Waals surface area contributed by atoms with Gasteiger partial charge in [0.2, 0.25) is 0 Å². The molecule has 0 spiro atoms. The molecule has 0 aliphatic carbocycles. The number of carbonyl (C=O) groups excluding carboxylic acids is 1. The summed E-state index contributed by atoms with van der Waals surface area (Å²) < 4.78 is 1.88. The van der Waals surface area contributed by atoms with Crippen LogP contribution in [0.25, 0.3) is 5.65 Å². The van der Waals surface area contributed by atoms with Crippen LogP contribution < -0.4 is 0 Å². The predicted octanol–water partition coefficient (Wildman–Crippen LogP) is 1.50. The molecule has 3 rings (SSSR count). The van der Waals surface area contributed by atoms with Crippen molar-refractivity contribution in [1.29, 1.82) is 0 Å². The van der Waals surface area contributed by atoms with E-state index in [1.165, 1.54) is 0 Å². The van der Waals surface area contributed by atoms with Gasteiger partial charge < -0.3 is 14.2 Å². The van der Waals surface area contributed by atoms with Crippen molar-refractivity contribution < 1.29 is 4.79 Å². The summed E-state index contributed by atoms with van der Waals surface area (Å²) in [5, 5.41) is 0. The molecule has 1 aliphatic heterocycles. The van der Waals surface area contributed by atoms with Gasteiger partial charge in [-0.05, 0) is 45.1 Å². The highest BCUT2D eigenvalue weighted by molar-refractivity contribution is 5.94. The largest absolute Gasteiger partial charge is 0.339 e. The van der Waals surface area contributed by atoms with E-state index in [9.17, 15) is 4.79 Å². The van der Waals surface area contributed by atoms with Gasteiger partial charge in [-0.15, -0.1) is 0 Å². The monoisotopic (exact) mass is 272 g/mol. The van der Waals surface area contributed by atoms with Gasteiger partial charge in [-0.3, -0.25) is 4.79 Å². The first-order valence-corrected chi connectivity index (χ1v) is 7.03. The van der Waals surface area contributed by atoms with Gasteiger partial charge in [0.15, 0.2) is 0 Å². The number of imidazole rings is 1. The molecule has 1 saturated heterocycles. The molecule has 2 aromatic heterocycles. The summed E-state index contributed by atoms with van der Waals surface area (Å²) in [6.07, 6.45) is 7.56. The molecule has 0 aromatic carbocycles. The van der Waals surface area contributed by atoms with Crippen molar-refractivity contribution in [3.8, 4) is 0 Å². The van der Waals surface area contributed by atoms with Crippen molar-refractivity contribution in [2.24, 2.45) is 0 Å². The van der Waals surface area contributed by atoms with Crippen LogP contribution in [0.2, 0.25) is 0 Å². The lowest BCUT2D eigenvalue weighted by molar-refractivity contribution is 0.0659. The van der Waals surface area contributed by atoms with E-state index in [0.29, 0.717) is 6.04 Å². The van der Waals surface area contributed by atoms with Crippen LogP contribution in [0.4, 0.5) is 0 Å². The van der Waals surface area contributed by atoms with Crippen molar-refractivity contribution >= 4 is 11.6 Å². The van der Waals surface area contributed by atoms with Gasteiger partial charge in [0.1, 0.15) is 5.65 Å². The maximum absolute atomic E-state index is 12.6. The van der Waals surface area contributed by atoms with Gasteiger partial charge in [-0.25, -0.2) is 4.98 Å². The number of piperidine rings is 1. The topological polar surface area (TPSA) is 40.8 Å². The average molecular weight is 272 g/mol. The second-order valence-corrected chi connectivity index (χ2v) is 5.56. The minimum Gasteiger partial charge on any atom is -0.339 e. The maximum atomic E-state index is 12.6. The Bertz CT molecular complexity index is 613. The number of pyridine rings is 1. The Morgan fingerprint density at radius 1 is 1.35 bits per heavy atom. The lowest BCUT2D eigenvalue weighted by Crippen LogP contribution is -2.44. The Morgan fingerprint density at radius 3 is 2.85 bits per heavy atom. The highest BCUT2D eigenvalue weighted by atomic mass is 16.2. The number of hydrogen-bond donors (Lipinski definition) is 0. The Kier molecular flexibility index (Phi) is 3.44. The minimum absolute atomic E-state index is 0.0927. The molecule has 0 unspecified atom stereocenters. The summed E-state index contributed by atoms with van der Waals surface area (Å²) >= 11 is 0. The summed E-state index contributed by atoms with van der Waals surface area (Å²) in [7, 11) is 4.04. The SMILES string of the molecule is CN1CCC(N(C)C(=O)c2ccc3nccn3c2)CC1. The first kappa shape index (κ1) is 13.1. The zero-order valence-electron chi connectivity index (χ0n) is 12.0. The molecule has 1 fully saturated rings. The smallest absolute Gasteiger partial charge is 0.255 e. The van der Waals surface area contributed by atoms with Crippen LogP contribution in [0, 0.1) is 0 Å². The fourth-order valence-electron chi connectivity index (χ4n) is 2.80. The molecule has 5 heteroatoms. The van der Waals surface area contributed by atoms with Crippen molar-refractivity contribution in [2.45, 2.75) is 18.9 Å². The summed E-state index contributed by atoms with van der Waals surface area (Å²) in [5.74, 6) is 0.0927. The molecular formula is C15H20N4O. The van der Waals surface area contributed by atoms with Crippen LogP contribution in [0.3, 0.4) is 0 Å². The summed E-state index contributed by atoms with van der Waals surface area (Å²) in [6.45, 7) is 2.12. The van der Waals surface area contributed by atoms with Gasteiger partial charge in [0, 0.05) is 31.7 Å². The zero-order chi connectivity index (χ0) is 14.1. The predicted molar refractivity (Wildman–Crippen MR) is 77.8 cm³/mol. The van der Waals surface area contributed by atoms with Crippen LogP contribution in [-0.2, 0) is 0 Å². The zero-order valence-corrected chi connectivity index (χ0v) is 12.0. The van der Waals surface area contributed by atoms with E-state index in [-0.39, 0.29) is 5.91 Å². The molecule has 106 valence electrons. The van der Waals surface area contributed by atoms with E-state index in [1.807, 2.05) is 40.9 Å². The molecule has 0 radical (unpaired) electrons. The second kappa shape index (κ2) is 5.25. The molecule has 5 nitrogen and oxygen atoms in total. The van der Waals surface area contributed by atoms with Gasteiger partial charge in [-0.2, -0.15) is 0 Å². The molecular weight excluding hydrogens is 252 g/mol. The van der Waals surface area contributed by atoms with Gasteiger partial charge in [0.05, 0.1) is 5.56 Å². The number of carbonyl (C=O) groups is 1. The Hall–Kier alpha value is -1.88. The number of rotatable bonds is 2. The van der Waals surface area contributed by atoms with Gasteiger partial charge in [0.25, 0.3) is 5.91 Å². The Morgan fingerprint density at radius 2 is 2.10 bits per heavy atom. The van der Waals surface area contributed by atoms with Crippen LogP contribution in [0.15, 0.2) is 30.7 Å². The number of likely N-dealkylation sites (tertiary alicyclic amines) is 1. The Balaban J connectivity index is 1.77. The fraction of sp³-hybridized carbons (Fsp3) is 0.467. The fourth-order valence-corrected chi connectivity index (χ4v) is 2.80. The third kappa shape index (κ3) is 2.41. The van der Waals surface area contributed by atoms with E-state index in [0.717, 1.165) is 37.1 Å². The molecule has 0 N–H and O–H groups in total. The quantitative estimate of drug-likeness (QED) is 0.832. The molecule has 0 saturated carbocycles. The summed E-state index contributed by atoms with van der Waals surface area (Å²) in [6, 6.07) is 4.09. The standard InChI is InChI=1S/C15H20N4O/c1-17-8-5-13(6-9-17)18(2)15(20)12-3-4-14-16-7-10-19(14)11-12/h3-4,7,10-11,13H,5-6,8-9H2,1-2H3. The molecule has 20 heavy (non-hydrogen) atoms. The van der Waals surface area contributed by atoms with E-state index >= 15 is 0 Å². The molecule has 3 heterocycles. The normalized spacial score (nSPS) is 17.5. The van der Waals surface area contributed by atoms with Crippen molar-refractivity contribution in [1.82, 2.24) is 19.2 Å². The van der Waals surface area contributed by atoms with Crippen molar-refractivity contribution in [3.63, 3.8) is 0 Å². The molecule has 1 amide bonds. The number of hydrogen-bond acceptors (Lipinski definition) is 3. The lowest BCUT2D eigenvalue weighted by Gasteiger charge is -2.35. The Labute approximate surface area is 118 Å². The van der Waals surface area contributed by atoms with Crippen molar-refractivity contribution in [3.05, 3.63) is 36.3 Å². The lowest BCUT2D eigenvalue weighted by atomic mass is 10.0. The number of fused-ring (bicyclic) bond motifs is 1. The highest BCUT2D eigenvalue weighted by Gasteiger charge is 2.24. The highest BCUT2D eigenvalue weighted by Crippen LogP contribution is 2.17. The van der Waals surface area contributed by atoms with Crippen LogP contribution in [0.1, 0.15) is 23.2 Å². The van der Waals surface area contributed by atoms with E-state index in [2.05, 4.69) is 16.9 Å². The minimum atomic E-state index is 0.0927. The van der Waals surface area contributed by atoms with Crippen molar-refractivity contribution in [2.75, 3.05) is 27.2 Å². The number of aromatic nitrogens is 2. The third-order valence-electron chi connectivity index (χ3n) is 4.19. The molecule has 0 atom stereocenters. The molecule has 2 aromatic rings. The van der Waals surface area contributed by atoms with E-state index < -0.39 is 0 Å². The third-order valence-corrected chi connectivity index (χ3v) is 4.19. The summed E-state index contributed by atoms with van der Waals surface area (Å²) in [5.41, 5.74) is 1.58. The van der Waals surface area contributed by atoms with Gasteiger partial charge in [-0.1, -0.05) is 0 Å². The molecule has 0 bridgehead atoms. The first-order valence-electron chi connectivity index (χ1n) is 7.03. The van der Waals surface area contributed by atoms with E-state index in [1.54, 1.807) is 6.20 Å². The summed E-state index contributed by atoms with van der Waals surface area (Å²) in [4.78, 5) is 21.0. The van der Waals surface area contributed by atoms with Gasteiger partial charge >= 0.3 is 0 Å². The van der Waals surface area contributed by atoms with E-state index in [4.69, 9.17) is 0 Å². The number of amides is 1. The maximum Gasteiger partial charge on any atom is 0.255 e. The first-order chi connectivity index (χ1) is 9.65. The second-order valence-electron chi connectivity index (χ2n) is 5.56. The average Bonchev–Trinajstić information content (AvgIpc) is 2.94. The number of nitrogens with zero attached hydrogens (tertiary/aromatic N) is 4. The molecule has 1 aliphatic rings. The van der Waals surface area contributed by atoms with Crippen LogP contribution >= 0.6 is 0 Å².